The Hall–Kier alpha value is -0.820. The molecule has 7 heteroatoms. The maximum absolute atomic E-state index is 6.04. The van der Waals surface area contributed by atoms with Crippen molar-refractivity contribution >= 4 is 28.9 Å². The number of rotatable bonds is 6. The lowest BCUT2D eigenvalue weighted by Gasteiger charge is -2.42. The summed E-state index contributed by atoms with van der Waals surface area (Å²) in [5.74, 6) is 0.940. The Morgan fingerprint density at radius 3 is 2.58 bits per heavy atom. The van der Waals surface area contributed by atoms with Gasteiger partial charge in [0.2, 0.25) is 0 Å². The van der Waals surface area contributed by atoms with Gasteiger partial charge in [0.15, 0.2) is 5.96 Å². The lowest BCUT2D eigenvalue weighted by Crippen LogP contribution is -2.51. The summed E-state index contributed by atoms with van der Waals surface area (Å²) < 4.78 is 6.37. The van der Waals surface area contributed by atoms with E-state index in [9.17, 15) is 0 Å². The van der Waals surface area contributed by atoms with Gasteiger partial charge in [0, 0.05) is 37.2 Å². The molecule has 136 valence electrons. The standard InChI is InChI=1S/C17H29ClN4OS/c1-5-19-16(22(4)12-14-6-7-15(18)24-14)20-13-17(21(2)3)8-10-23-11-9-17/h6-7H,5,8-13H2,1-4H3,(H,19,20). The summed E-state index contributed by atoms with van der Waals surface area (Å²) in [6, 6.07) is 4.02. The molecule has 0 radical (unpaired) electrons. The summed E-state index contributed by atoms with van der Waals surface area (Å²) in [5, 5.41) is 3.40. The van der Waals surface area contributed by atoms with Gasteiger partial charge in [-0.3, -0.25) is 4.99 Å². The third-order valence-corrected chi connectivity index (χ3v) is 5.83. The number of aliphatic imine (C=N–C) groups is 1. The number of nitrogens with one attached hydrogen (secondary N) is 1. The minimum Gasteiger partial charge on any atom is -0.381 e. The monoisotopic (exact) mass is 372 g/mol. The lowest BCUT2D eigenvalue weighted by molar-refractivity contribution is -0.00262. The molecule has 0 aliphatic carbocycles. The van der Waals surface area contributed by atoms with Crippen molar-refractivity contribution in [2.24, 2.45) is 4.99 Å². The van der Waals surface area contributed by atoms with Crippen LogP contribution in [0.2, 0.25) is 4.34 Å². The van der Waals surface area contributed by atoms with Crippen molar-refractivity contribution in [3.05, 3.63) is 21.3 Å². The predicted molar refractivity (Wildman–Crippen MR) is 103 cm³/mol. The Labute approximate surface area is 154 Å². The highest BCUT2D eigenvalue weighted by Gasteiger charge is 2.34. The first-order valence-corrected chi connectivity index (χ1v) is 9.65. The molecule has 0 atom stereocenters. The van der Waals surface area contributed by atoms with Crippen molar-refractivity contribution in [3.63, 3.8) is 0 Å². The van der Waals surface area contributed by atoms with Gasteiger partial charge in [-0.1, -0.05) is 11.6 Å². The van der Waals surface area contributed by atoms with E-state index in [1.807, 2.05) is 6.07 Å². The van der Waals surface area contributed by atoms with Crippen LogP contribution in [0.3, 0.4) is 0 Å². The van der Waals surface area contributed by atoms with Gasteiger partial charge in [-0.25, -0.2) is 0 Å². The Bertz CT molecular complexity index is 540. The second-order valence-corrected chi connectivity index (χ2v) is 8.26. The Morgan fingerprint density at radius 2 is 2.04 bits per heavy atom. The first kappa shape index (κ1) is 19.5. The van der Waals surface area contributed by atoms with Crippen molar-refractivity contribution in [1.29, 1.82) is 0 Å². The third kappa shape index (κ3) is 5.09. The first-order valence-electron chi connectivity index (χ1n) is 8.46. The van der Waals surface area contributed by atoms with E-state index in [1.54, 1.807) is 11.3 Å². The normalized spacial score (nSPS) is 18.0. The fourth-order valence-corrected chi connectivity index (χ4v) is 4.08. The van der Waals surface area contributed by atoms with Gasteiger partial charge in [-0.2, -0.15) is 0 Å². The minimum absolute atomic E-state index is 0.0893. The Balaban J connectivity index is 2.08. The largest absolute Gasteiger partial charge is 0.381 e. The molecule has 0 saturated carbocycles. The number of hydrogen-bond acceptors (Lipinski definition) is 4. The lowest BCUT2D eigenvalue weighted by atomic mass is 9.89. The summed E-state index contributed by atoms with van der Waals surface area (Å²) in [7, 11) is 6.36. The molecular formula is C17H29ClN4OS. The summed E-state index contributed by atoms with van der Waals surface area (Å²) in [5.41, 5.74) is 0.0893. The molecule has 24 heavy (non-hydrogen) atoms. The molecule has 0 bridgehead atoms. The Morgan fingerprint density at radius 1 is 1.33 bits per heavy atom. The molecular weight excluding hydrogens is 344 g/mol. The highest BCUT2D eigenvalue weighted by atomic mass is 35.5. The van der Waals surface area contributed by atoms with Gasteiger partial charge in [0.1, 0.15) is 0 Å². The van der Waals surface area contributed by atoms with Gasteiger partial charge in [-0.05, 0) is 46.0 Å². The molecule has 1 aromatic heterocycles. The number of hydrogen-bond donors (Lipinski definition) is 1. The van der Waals surface area contributed by atoms with Crippen LogP contribution in [0.1, 0.15) is 24.6 Å². The van der Waals surface area contributed by atoms with Crippen LogP contribution in [0, 0.1) is 0 Å². The van der Waals surface area contributed by atoms with Crippen LogP contribution >= 0.6 is 22.9 Å². The molecule has 5 nitrogen and oxygen atoms in total. The molecule has 1 N–H and O–H groups in total. The zero-order chi connectivity index (χ0) is 17.6. The molecule has 2 heterocycles. The van der Waals surface area contributed by atoms with Gasteiger partial charge in [-0.15, -0.1) is 11.3 Å². The average Bonchev–Trinajstić information content (AvgIpc) is 2.97. The van der Waals surface area contributed by atoms with Gasteiger partial charge < -0.3 is 19.9 Å². The topological polar surface area (TPSA) is 40.1 Å². The van der Waals surface area contributed by atoms with Crippen LogP contribution in [0.4, 0.5) is 0 Å². The van der Waals surface area contributed by atoms with Crippen LogP contribution < -0.4 is 5.32 Å². The van der Waals surface area contributed by atoms with Crippen molar-refractivity contribution in [2.45, 2.75) is 31.8 Å². The van der Waals surface area contributed by atoms with Crippen molar-refractivity contribution < 1.29 is 4.74 Å². The van der Waals surface area contributed by atoms with E-state index in [0.29, 0.717) is 0 Å². The van der Waals surface area contributed by atoms with E-state index in [0.717, 1.165) is 56.0 Å². The number of thiophene rings is 1. The van der Waals surface area contributed by atoms with E-state index in [4.69, 9.17) is 21.3 Å². The quantitative estimate of drug-likeness (QED) is 0.615. The second-order valence-electron chi connectivity index (χ2n) is 6.46. The van der Waals surface area contributed by atoms with Crippen LogP contribution in [-0.2, 0) is 11.3 Å². The molecule has 1 aliphatic heterocycles. The zero-order valence-electron chi connectivity index (χ0n) is 15.1. The van der Waals surface area contributed by atoms with E-state index in [-0.39, 0.29) is 5.54 Å². The van der Waals surface area contributed by atoms with E-state index < -0.39 is 0 Å². The Kier molecular flexibility index (Phi) is 7.34. The van der Waals surface area contributed by atoms with Gasteiger partial charge in [0.25, 0.3) is 0 Å². The number of nitrogens with zero attached hydrogens (tertiary/aromatic N) is 3. The molecule has 1 aromatic rings. The van der Waals surface area contributed by atoms with Crippen LogP contribution in [0.15, 0.2) is 17.1 Å². The molecule has 0 spiro atoms. The van der Waals surface area contributed by atoms with E-state index >= 15 is 0 Å². The molecule has 1 fully saturated rings. The average molecular weight is 373 g/mol. The number of halogens is 1. The van der Waals surface area contributed by atoms with Crippen molar-refractivity contribution in [1.82, 2.24) is 15.1 Å². The first-order chi connectivity index (χ1) is 11.5. The van der Waals surface area contributed by atoms with Gasteiger partial charge >= 0.3 is 0 Å². The molecule has 0 aromatic carbocycles. The molecule has 0 unspecified atom stereocenters. The zero-order valence-corrected chi connectivity index (χ0v) is 16.7. The number of ether oxygens (including phenoxy) is 1. The second kappa shape index (κ2) is 9.04. The summed E-state index contributed by atoms with van der Waals surface area (Å²) in [6.07, 6.45) is 2.04. The molecule has 1 saturated heterocycles. The fourth-order valence-electron chi connectivity index (χ4n) is 2.94. The summed E-state index contributed by atoms with van der Waals surface area (Å²) >= 11 is 7.66. The summed E-state index contributed by atoms with van der Waals surface area (Å²) in [6.45, 7) is 6.16. The van der Waals surface area contributed by atoms with Gasteiger partial charge in [0.05, 0.1) is 17.4 Å². The fraction of sp³-hybridized carbons (Fsp3) is 0.706. The maximum Gasteiger partial charge on any atom is 0.194 e. The van der Waals surface area contributed by atoms with Crippen molar-refractivity contribution in [2.75, 3.05) is 47.4 Å². The third-order valence-electron chi connectivity index (χ3n) is 4.61. The van der Waals surface area contributed by atoms with Crippen LogP contribution in [0.5, 0.6) is 0 Å². The molecule has 0 amide bonds. The van der Waals surface area contributed by atoms with Crippen molar-refractivity contribution in [3.8, 4) is 0 Å². The predicted octanol–water partition coefficient (Wildman–Crippen LogP) is 2.91. The maximum atomic E-state index is 6.04. The number of likely N-dealkylation sites (N-methyl/N-ethyl adjacent to an activating group) is 1. The molecule has 1 aliphatic rings. The number of guanidine groups is 1. The van der Waals surface area contributed by atoms with Crippen LogP contribution in [0.25, 0.3) is 0 Å². The van der Waals surface area contributed by atoms with Crippen LogP contribution in [-0.4, -0.2) is 68.7 Å². The van der Waals surface area contributed by atoms with E-state index in [1.165, 1.54) is 4.88 Å². The minimum atomic E-state index is 0.0893. The summed E-state index contributed by atoms with van der Waals surface area (Å²) in [4.78, 5) is 10.6. The SMILES string of the molecule is CCNC(=NCC1(N(C)C)CCOCC1)N(C)Cc1ccc(Cl)s1. The van der Waals surface area contributed by atoms with E-state index in [2.05, 4.69) is 49.2 Å². The highest BCUT2D eigenvalue weighted by molar-refractivity contribution is 7.16. The molecule has 2 rings (SSSR count). The highest BCUT2D eigenvalue weighted by Crippen LogP contribution is 2.26. The smallest absolute Gasteiger partial charge is 0.194 e.